The van der Waals surface area contributed by atoms with Gasteiger partial charge in [-0.3, -0.25) is 14.5 Å². The van der Waals surface area contributed by atoms with Gasteiger partial charge in [0.1, 0.15) is 5.82 Å². The van der Waals surface area contributed by atoms with Crippen molar-refractivity contribution in [3.8, 4) is 0 Å². The number of anilines is 1. The van der Waals surface area contributed by atoms with Gasteiger partial charge in [0.15, 0.2) is 0 Å². The van der Waals surface area contributed by atoms with E-state index < -0.39 is 5.91 Å². The Balaban J connectivity index is 1.33. The minimum atomic E-state index is -0.430. The van der Waals surface area contributed by atoms with Crippen molar-refractivity contribution in [2.45, 2.75) is 50.6 Å². The molecule has 2 saturated heterocycles. The molecule has 0 bridgehead atoms. The molecular weight excluding hydrogens is 342 g/mol. The van der Waals surface area contributed by atoms with E-state index in [1.165, 1.54) is 0 Å². The molecule has 2 amide bonds. The summed E-state index contributed by atoms with van der Waals surface area (Å²) in [7, 11) is 0. The van der Waals surface area contributed by atoms with E-state index in [4.69, 9.17) is 5.73 Å². The average Bonchev–Trinajstić information content (AvgIpc) is 3.52. The van der Waals surface area contributed by atoms with Crippen molar-refractivity contribution >= 4 is 17.6 Å². The molecule has 1 aliphatic carbocycles. The molecule has 0 spiro atoms. The van der Waals surface area contributed by atoms with E-state index in [2.05, 4.69) is 20.1 Å². The van der Waals surface area contributed by atoms with Gasteiger partial charge >= 0.3 is 0 Å². The van der Waals surface area contributed by atoms with Gasteiger partial charge in [-0.25, -0.2) is 4.98 Å². The van der Waals surface area contributed by atoms with Crippen molar-refractivity contribution in [3.05, 3.63) is 23.9 Å². The fraction of sp³-hybridized carbons (Fsp3) is 0.650. The van der Waals surface area contributed by atoms with Crippen molar-refractivity contribution in [3.63, 3.8) is 0 Å². The second kappa shape index (κ2) is 7.84. The number of hydrogen-bond donors (Lipinski definition) is 2. The summed E-state index contributed by atoms with van der Waals surface area (Å²) in [5.74, 6) is 0.651. The molecule has 7 heteroatoms. The molecule has 3 fully saturated rings. The molecule has 4 rings (SSSR count). The molecule has 3 heterocycles. The molecule has 0 radical (unpaired) electrons. The van der Waals surface area contributed by atoms with Gasteiger partial charge in [-0.05, 0) is 57.2 Å². The first kappa shape index (κ1) is 18.2. The highest BCUT2D eigenvalue weighted by molar-refractivity contribution is 5.97. The lowest BCUT2D eigenvalue weighted by atomic mass is 9.93. The van der Waals surface area contributed by atoms with Crippen LogP contribution in [0.2, 0.25) is 0 Å². The molecule has 1 aromatic heterocycles. The first-order valence-electron chi connectivity index (χ1n) is 10.2. The fourth-order valence-electron chi connectivity index (χ4n) is 4.38. The number of aromatic nitrogens is 1. The summed E-state index contributed by atoms with van der Waals surface area (Å²) < 4.78 is 0. The van der Waals surface area contributed by atoms with Crippen LogP contribution in [0.15, 0.2) is 18.3 Å². The Kier molecular flexibility index (Phi) is 5.29. The lowest BCUT2D eigenvalue weighted by Gasteiger charge is -2.42. The highest BCUT2D eigenvalue weighted by atomic mass is 16.2. The van der Waals surface area contributed by atoms with Crippen molar-refractivity contribution < 1.29 is 9.59 Å². The standard InChI is InChI=1S/C20H29N5O2/c21-18(26)17-4-1-9-22-19(17)24-11-7-16(8-12-24)25-10-2-3-14(13-25)20(27)23-15-5-6-15/h1,4,9,14-16H,2-3,5-8,10-13H2,(H2,21,26)(H,23,27)/t14-/m1/s1. The molecule has 146 valence electrons. The van der Waals surface area contributed by atoms with Crippen LogP contribution < -0.4 is 16.0 Å². The predicted molar refractivity (Wildman–Crippen MR) is 103 cm³/mol. The summed E-state index contributed by atoms with van der Waals surface area (Å²) in [6, 6.07) is 4.42. The Bertz CT molecular complexity index is 697. The van der Waals surface area contributed by atoms with Gasteiger partial charge in [-0.1, -0.05) is 0 Å². The smallest absolute Gasteiger partial charge is 0.252 e. The maximum atomic E-state index is 12.4. The summed E-state index contributed by atoms with van der Waals surface area (Å²) in [5, 5.41) is 3.17. The number of primary amides is 1. The predicted octanol–water partition coefficient (Wildman–Crippen LogP) is 1.14. The Morgan fingerprint density at radius 1 is 1.11 bits per heavy atom. The topological polar surface area (TPSA) is 91.6 Å². The first-order chi connectivity index (χ1) is 13.1. The largest absolute Gasteiger partial charge is 0.365 e. The monoisotopic (exact) mass is 371 g/mol. The lowest BCUT2D eigenvalue weighted by molar-refractivity contribution is -0.127. The van der Waals surface area contributed by atoms with Crippen LogP contribution in [0.1, 0.15) is 48.9 Å². The Labute approximate surface area is 160 Å². The van der Waals surface area contributed by atoms with Gasteiger partial charge in [-0.2, -0.15) is 0 Å². The van der Waals surface area contributed by atoms with E-state index in [1.54, 1.807) is 18.3 Å². The number of nitrogens with zero attached hydrogens (tertiary/aromatic N) is 3. The Morgan fingerprint density at radius 3 is 2.59 bits per heavy atom. The summed E-state index contributed by atoms with van der Waals surface area (Å²) in [6.07, 6.45) is 8.13. The molecule has 2 aliphatic heterocycles. The second-order valence-electron chi connectivity index (χ2n) is 8.07. The summed E-state index contributed by atoms with van der Waals surface area (Å²) >= 11 is 0. The molecule has 27 heavy (non-hydrogen) atoms. The molecule has 1 saturated carbocycles. The van der Waals surface area contributed by atoms with Crippen LogP contribution in [0.4, 0.5) is 5.82 Å². The van der Waals surface area contributed by atoms with Gasteiger partial charge < -0.3 is 16.0 Å². The van der Waals surface area contributed by atoms with Crippen molar-refractivity contribution in [1.82, 2.24) is 15.2 Å². The van der Waals surface area contributed by atoms with Crippen LogP contribution in [0, 0.1) is 5.92 Å². The fourth-order valence-corrected chi connectivity index (χ4v) is 4.38. The maximum Gasteiger partial charge on any atom is 0.252 e. The molecule has 0 aromatic carbocycles. The van der Waals surface area contributed by atoms with Crippen molar-refractivity contribution in [1.29, 1.82) is 0 Å². The number of nitrogens with two attached hydrogens (primary N) is 1. The number of hydrogen-bond acceptors (Lipinski definition) is 5. The van der Waals surface area contributed by atoms with E-state index in [0.717, 1.165) is 64.7 Å². The third kappa shape index (κ3) is 4.24. The van der Waals surface area contributed by atoms with Crippen molar-refractivity contribution in [2.75, 3.05) is 31.1 Å². The third-order valence-corrected chi connectivity index (χ3v) is 6.08. The number of piperidine rings is 2. The number of likely N-dealkylation sites (tertiary alicyclic amines) is 1. The van der Waals surface area contributed by atoms with Crippen LogP contribution in [-0.4, -0.2) is 60.0 Å². The van der Waals surface area contributed by atoms with E-state index in [1.807, 2.05) is 0 Å². The Hall–Kier alpha value is -2.15. The average molecular weight is 371 g/mol. The van der Waals surface area contributed by atoms with Crippen molar-refractivity contribution in [2.24, 2.45) is 11.7 Å². The molecule has 7 nitrogen and oxygen atoms in total. The molecule has 3 aliphatic rings. The number of nitrogens with one attached hydrogen (secondary N) is 1. The number of rotatable bonds is 5. The van der Waals surface area contributed by atoms with Crippen LogP contribution in [0.25, 0.3) is 0 Å². The normalized spacial score (nSPS) is 24.6. The summed E-state index contributed by atoms with van der Waals surface area (Å²) in [6.45, 7) is 3.67. The number of carbonyl (C=O) groups is 2. The van der Waals surface area contributed by atoms with E-state index in [9.17, 15) is 9.59 Å². The SMILES string of the molecule is NC(=O)c1cccnc1N1CCC(N2CCC[C@@H](C(=O)NC3CC3)C2)CC1. The zero-order valence-corrected chi connectivity index (χ0v) is 15.8. The molecular formula is C20H29N5O2. The number of carbonyl (C=O) groups excluding carboxylic acids is 2. The molecule has 1 atom stereocenters. The first-order valence-corrected chi connectivity index (χ1v) is 10.2. The lowest BCUT2D eigenvalue weighted by Crippen LogP contribution is -2.51. The molecule has 0 unspecified atom stereocenters. The second-order valence-corrected chi connectivity index (χ2v) is 8.07. The van der Waals surface area contributed by atoms with Gasteiger partial charge in [0.25, 0.3) is 5.91 Å². The van der Waals surface area contributed by atoms with E-state index >= 15 is 0 Å². The minimum absolute atomic E-state index is 0.134. The quantitative estimate of drug-likeness (QED) is 0.810. The zero-order valence-electron chi connectivity index (χ0n) is 15.8. The highest BCUT2D eigenvalue weighted by Gasteiger charge is 2.34. The summed E-state index contributed by atoms with van der Waals surface area (Å²) in [4.78, 5) is 33.1. The van der Waals surface area contributed by atoms with Gasteiger partial charge in [0.2, 0.25) is 5.91 Å². The van der Waals surface area contributed by atoms with Gasteiger partial charge in [-0.15, -0.1) is 0 Å². The van der Waals surface area contributed by atoms with Crippen LogP contribution >= 0.6 is 0 Å². The van der Waals surface area contributed by atoms with Crippen LogP contribution in [0.5, 0.6) is 0 Å². The summed E-state index contributed by atoms with van der Waals surface area (Å²) in [5.41, 5.74) is 5.99. The van der Waals surface area contributed by atoms with Crippen LogP contribution in [-0.2, 0) is 4.79 Å². The molecule has 3 N–H and O–H groups in total. The minimum Gasteiger partial charge on any atom is -0.365 e. The highest BCUT2D eigenvalue weighted by Crippen LogP contribution is 2.28. The zero-order chi connectivity index (χ0) is 18.8. The van der Waals surface area contributed by atoms with Gasteiger partial charge in [0.05, 0.1) is 11.5 Å². The van der Waals surface area contributed by atoms with Crippen LogP contribution in [0.3, 0.4) is 0 Å². The third-order valence-electron chi connectivity index (χ3n) is 6.08. The Morgan fingerprint density at radius 2 is 1.89 bits per heavy atom. The van der Waals surface area contributed by atoms with Gasteiger partial charge in [0, 0.05) is 37.9 Å². The maximum absolute atomic E-state index is 12.4. The number of pyridine rings is 1. The van der Waals surface area contributed by atoms with E-state index in [0.29, 0.717) is 23.5 Å². The van der Waals surface area contributed by atoms with E-state index in [-0.39, 0.29) is 11.8 Å². The molecule has 1 aromatic rings. The number of amides is 2.